The van der Waals surface area contributed by atoms with E-state index in [0.29, 0.717) is 16.9 Å². The van der Waals surface area contributed by atoms with Crippen molar-refractivity contribution >= 4 is 17.4 Å². The number of rotatable bonds is 5. The van der Waals surface area contributed by atoms with Crippen LogP contribution in [0.1, 0.15) is 12.1 Å². The maximum absolute atomic E-state index is 6.21. The molecule has 6 heteroatoms. The number of pyridine rings is 2. The summed E-state index contributed by atoms with van der Waals surface area (Å²) in [6, 6.07) is 9.95. The Bertz CT molecular complexity index is 637. The van der Waals surface area contributed by atoms with Crippen LogP contribution in [0.25, 0.3) is 0 Å². The van der Waals surface area contributed by atoms with Crippen molar-refractivity contribution in [3.8, 4) is 5.88 Å². The highest BCUT2D eigenvalue weighted by Gasteiger charge is 2.24. The Hall–Kier alpha value is -1.85. The van der Waals surface area contributed by atoms with Gasteiger partial charge in [-0.1, -0.05) is 17.7 Å². The van der Waals surface area contributed by atoms with Crippen molar-refractivity contribution in [3.05, 3.63) is 47.2 Å². The summed E-state index contributed by atoms with van der Waals surface area (Å²) in [5.41, 5.74) is 0.980. The van der Waals surface area contributed by atoms with Gasteiger partial charge in [0, 0.05) is 37.9 Å². The molecule has 2 aromatic heterocycles. The third-order valence-electron chi connectivity index (χ3n) is 3.79. The SMILES string of the molecule is COc1cccc(CN[C@@H]2CCN(c3ncccc3Cl)C2)n1. The molecule has 3 rings (SSSR count). The number of aromatic nitrogens is 2. The predicted molar refractivity (Wildman–Crippen MR) is 87.5 cm³/mol. The molecule has 0 spiro atoms. The highest BCUT2D eigenvalue weighted by molar-refractivity contribution is 6.32. The number of anilines is 1. The molecule has 0 aromatic carbocycles. The van der Waals surface area contributed by atoms with Crippen LogP contribution >= 0.6 is 11.6 Å². The van der Waals surface area contributed by atoms with Gasteiger partial charge >= 0.3 is 0 Å². The molecule has 3 heterocycles. The molecule has 1 aliphatic heterocycles. The van der Waals surface area contributed by atoms with E-state index in [2.05, 4.69) is 20.2 Å². The lowest BCUT2D eigenvalue weighted by Gasteiger charge is -2.19. The van der Waals surface area contributed by atoms with E-state index in [-0.39, 0.29) is 0 Å². The highest BCUT2D eigenvalue weighted by atomic mass is 35.5. The molecule has 0 amide bonds. The molecule has 0 unspecified atom stereocenters. The zero-order chi connectivity index (χ0) is 15.4. The standard InChI is InChI=1S/C16H19ClN4O/c1-22-15-6-2-4-12(20-15)10-19-13-7-9-21(11-13)16-14(17)5-3-8-18-16/h2-6,8,13,19H,7,9-11H2,1H3/t13-/m1/s1. The summed E-state index contributed by atoms with van der Waals surface area (Å²) in [6.45, 7) is 2.59. The number of methoxy groups -OCH3 is 1. The molecule has 0 radical (unpaired) electrons. The van der Waals surface area contributed by atoms with Gasteiger partial charge in [0.15, 0.2) is 0 Å². The first-order valence-corrected chi connectivity index (χ1v) is 7.73. The van der Waals surface area contributed by atoms with Crippen LogP contribution in [-0.2, 0) is 6.54 Å². The van der Waals surface area contributed by atoms with Crippen LogP contribution in [0.5, 0.6) is 5.88 Å². The molecule has 0 aliphatic carbocycles. The van der Waals surface area contributed by atoms with E-state index in [9.17, 15) is 0 Å². The molecule has 1 saturated heterocycles. The van der Waals surface area contributed by atoms with Gasteiger partial charge in [-0.05, 0) is 24.6 Å². The summed E-state index contributed by atoms with van der Waals surface area (Å²) in [5.74, 6) is 1.51. The number of nitrogens with one attached hydrogen (secondary N) is 1. The largest absolute Gasteiger partial charge is 0.481 e. The molecule has 0 saturated carbocycles. The number of halogens is 1. The number of ether oxygens (including phenoxy) is 1. The first-order chi connectivity index (χ1) is 10.8. The Labute approximate surface area is 135 Å². The molecular formula is C16H19ClN4O. The van der Waals surface area contributed by atoms with E-state index < -0.39 is 0 Å². The second-order valence-corrected chi connectivity index (χ2v) is 5.70. The molecule has 22 heavy (non-hydrogen) atoms. The second kappa shape index (κ2) is 6.94. The number of hydrogen-bond acceptors (Lipinski definition) is 5. The number of hydrogen-bond donors (Lipinski definition) is 1. The summed E-state index contributed by atoms with van der Waals surface area (Å²) in [6.07, 6.45) is 2.85. The number of nitrogens with zero attached hydrogens (tertiary/aromatic N) is 3. The fourth-order valence-corrected chi connectivity index (χ4v) is 2.89. The van der Waals surface area contributed by atoms with Crippen molar-refractivity contribution in [1.82, 2.24) is 15.3 Å². The summed E-state index contributed by atoms with van der Waals surface area (Å²) in [7, 11) is 1.63. The minimum Gasteiger partial charge on any atom is -0.481 e. The van der Waals surface area contributed by atoms with Crippen LogP contribution in [0.15, 0.2) is 36.5 Å². The molecule has 5 nitrogen and oxygen atoms in total. The molecule has 1 fully saturated rings. The Morgan fingerprint density at radius 3 is 3.09 bits per heavy atom. The van der Waals surface area contributed by atoms with Gasteiger partial charge in [-0.2, -0.15) is 0 Å². The van der Waals surface area contributed by atoms with Crippen LogP contribution in [0, 0.1) is 0 Å². The lowest BCUT2D eigenvalue weighted by Crippen LogP contribution is -2.32. The lowest BCUT2D eigenvalue weighted by molar-refractivity contribution is 0.395. The Kier molecular flexibility index (Phi) is 4.75. The molecule has 1 aliphatic rings. The third-order valence-corrected chi connectivity index (χ3v) is 4.08. The van der Waals surface area contributed by atoms with E-state index in [1.165, 1.54) is 0 Å². The van der Waals surface area contributed by atoms with Crippen LogP contribution in [-0.4, -0.2) is 36.2 Å². The second-order valence-electron chi connectivity index (χ2n) is 5.29. The molecule has 0 bridgehead atoms. The van der Waals surface area contributed by atoms with Crippen LogP contribution in [0.3, 0.4) is 0 Å². The predicted octanol–water partition coefficient (Wildman–Crippen LogP) is 2.51. The maximum Gasteiger partial charge on any atom is 0.213 e. The zero-order valence-corrected chi connectivity index (χ0v) is 13.3. The summed E-state index contributed by atoms with van der Waals surface area (Å²) in [5, 5.41) is 4.24. The quantitative estimate of drug-likeness (QED) is 0.918. The zero-order valence-electron chi connectivity index (χ0n) is 12.5. The minimum atomic E-state index is 0.408. The van der Waals surface area contributed by atoms with Gasteiger partial charge in [0.1, 0.15) is 5.82 Å². The Morgan fingerprint density at radius 1 is 1.36 bits per heavy atom. The van der Waals surface area contributed by atoms with E-state index in [0.717, 1.165) is 37.6 Å². The van der Waals surface area contributed by atoms with Crippen molar-refractivity contribution in [2.45, 2.75) is 19.0 Å². The van der Waals surface area contributed by atoms with Gasteiger partial charge in [0.2, 0.25) is 5.88 Å². The van der Waals surface area contributed by atoms with E-state index >= 15 is 0 Å². The smallest absolute Gasteiger partial charge is 0.213 e. The van der Waals surface area contributed by atoms with E-state index in [4.69, 9.17) is 16.3 Å². The average molecular weight is 319 g/mol. The Balaban J connectivity index is 1.56. The average Bonchev–Trinajstić information content (AvgIpc) is 3.02. The van der Waals surface area contributed by atoms with E-state index in [1.54, 1.807) is 13.3 Å². The minimum absolute atomic E-state index is 0.408. The summed E-state index contributed by atoms with van der Waals surface area (Å²) >= 11 is 6.21. The van der Waals surface area contributed by atoms with Crippen molar-refractivity contribution in [3.63, 3.8) is 0 Å². The van der Waals surface area contributed by atoms with Crippen LogP contribution in [0.2, 0.25) is 5.02 Å². The van der Waals surface area contributed by atoms with Gasteiger partial charge in [-0.15, -0.1) is 0 Å². The van der Waals surface area contributed by atoms with Crippen LogP contribution < -0.4 is 15.0 Å². The maximum atomic E-state index is 6.21. The summed E-state index contributed by atoms with van der Waals surface area (Å²) < 4.78 is 5.14. The van der Waals surface area contributed by atoms with Crippen LogP contribution in [0.4, 0.5) is 5.82 Å². The van der Waals surface area contributed by atoms with Gasteiger partial charge in [-0.25, -0.2) is 9.97 Å². The van der Waals surface area contributed by atoms with Crippen molar-refractivity contribution in [2.75, 3.05) is 25.1 Å². The monoisotopic (exact) mass is 318 g/mol. The topological polar surface area (TPSA) is 50.3 Å². The fraction of sp³-hybridized carbons (Fsp3) is 0.375. The van der Waals surface area contributed by atoms with Crippen molar-refractivity contribution in [1.29, 1.82) is 0 Å². The Morgan fingerprint density at radius 2 is 2.27 bits per heavy atom. The molecule has 1 atom stereocenters. The third kappa shape index (κ3) is 3.48. The van der Waals surface area contributed by atoms with Gasteiger partial charge < -0.3 is 15.0 Å². The summed E-state index contributed by atoms with van der Waals surface area (Å²) in [4.78, 5) is 11.0. The van der Waals surface area contributed by atoms with Crippen molar-refractivity contribution < 1.29 is 4.74 Å². The molecule has 116 valence electrons. The highest BCUT2D eigenvalue weighted by Crippen LogP contribution is 2.25. The van der Waals surface area contributed by atoms with Gasteiger partial charge in [0.25, 0.3) is 0 Å². The van der Waals surface area contributed by atoms with Gasteiger partial charge in [-0.3, -0.25) is 0 Å². The molecule has 1 N–H and O–H groups in total. The molecular weight excluding hydrogens is 300 g/mol. The first kappa shape index (κ1) is 15.1. The lowest BCUT2D eigenvalue weighted by atomic mass is 10.2. The van der Waals surface area contributed by atoms with Crippen molar-refractivity contribution in [2.24, 2.45) is 0 Å². The fourth-order valence-electron chi connectivity index (χ4n) is 2.65. The first-order valence-electron chi connectivity index (χ1n) is 7.35. The van der Waals surface area contributed by atoms with Gasteiger partial charge in [0.05, 0.1) is 17.8 Å². The van der Waals surface area contributed by atoms with E-state index in [1.807, 2.05) is 30.3 Å². The molecule has 2 aromatic rings. The normalized spacial score (nSPS) is 17.7.